The standard InChI is InChI=1S/C12H16N4O2S2/c1-15-8-6-9(14-20(15,17)18)11-3-4-12(19-11)10-5-7-13-16(10)2/h3-5,7,9,14H,6,8H2,1-2H3/t9-/m0/s1. The largest absolute Gasteiger partial charge is 0.279 e. The van der Waals surface area contributed by atoms with Crippen LogP contribution in [0.3, 0.4) is 0 Å². The SMILES string of the molecule is CN1CC[C@@H](c2ccc(-c3ccnn3C)s2)NS1(=O)=O. The van der Waals surface area contributed by atoms with Crippen LogP contribution in [0.25, 0.3) is 10.6 Å². The Hall–Kier alpha value is -1.22. The van der Waals surface area contributed by atoms with E-state index in [1.165, 1.54) is 4.31 Å². The van der Waals surface area contributed by atoms with Gasteiger partial charge in [0.2, 0.25) is 0 Å². The summed E-state index contributed by atoms with van der Waals surface area (Å²) in [6.45, 7) is 0.541. The molecule has 1 atom stereocenters. The van der Waals surface area contributed by atoms with Gasteiger partial charge in [-0.1, -0.05) is 0 Å². The molecule has 2 aromatic heterocycles. The second-order valence-corrected chi connectivity index (χ2v) is 7.75. The monoisotopic (exact) mass is 312 g/mol. The van der Waals surface area contributed by atoms with Gasteiger partial charge in [-0.3, -0.25) is 4.68 Å². The number of aromatic nitrogens is 2. The van der Waals surface area contributed by atoms with Crippen molar-refractivity contribution in [1.29, 1.82) is 0 Å². The van der Waals surface area contributed by atoms with Gasteiger partial charge in [0.15, 0.2) is 0 Å². The molecule has 3 rings (SSSR count). The molecule has 2 aromatic rings. The van der Waals surface area contributed by atoms with Crippen LogP contribution in [-0.4, -0.2) is 36.1 Å². The molecule has 1 fully saturated rings. The van der Waals surface area contributed by atoms with Crippen molar-refractivity contribution in [2.45, 2.75) is 12.5 Å². The first-order valence-electron chi connectivity index (χ1n) is 6.29. The van der Waals surface area contributed by atoms with Gasteiger partial charge in [0.25, 0.3) is 10.2 Å². The fourth-order valence-corrected chi connectivity index (χ4v) is 4.61. The Labute approximate surface area is 122 Å². The lowest BCUT2D eigenvalue weighted by Gasteiger charge is -2.29. The summed E-state index contributed by atoms with van der Waals surface area (Å²) in [4.78, 5) is 2.14. The Morgan fingerprint density at radius 3 is 2.80 bits per heavy atom. The number of aryl methyl sites for hydroxylation is 1. The average Bonchev–Trinajstić information content (AvgIpc) is 3.01. The summed E-state index contributed by atoms with van der Waals surface area (Å²) in [6, 6.07) is 5.83. The maximum absolute atomic E-state index is 11.9. The summed E-state index contributed by atoms with van der Waals surface area (Å²) in [5.41, 5.74) is 1.04. The quantitative estimate of drug-likeness (QED) is 0.910. The van der Waals surface area contributed by atoms with Gasteiger partial charge in [0, 0.05) is 31.7 Å². The van der Waals surface area contributed by atoms with E-state index in [0.29, 0.717) is 6.54 Å². The van der Waals surface area contributed by atoms with Crippen molar-refractivity contribution in [2.75, 3.05) is 13.6 Å². The summed E-state index contributed by atoms with van der Waals surface area (Å²) >= 11 is 1.61. The molecule has 0 radical (unpaired) electrons. The van der Waals surface area contributed by atoms with E-state index in [9.17, 15) is 8.42 Å². The predicted molar refractivity (Wildman–Crippen MR) is 78.6 cm³/mol. The first-order chi connectivity index (χ1) is 9.47. The van der Waals surface area contributed by atoms with Gasteiger partial charge in [-0.15, -0.1) is 11.3 Å². The van der Waals surface area contributed by atoms with Crippen LogP contribution in [0, 0.1) is 0 Å². The molecule has 1 aliphatic rings. The van der Waals surface area contributed by atoms with Crippen LogP contribution in [0.2, 0.25) is 0 Å². The van der Waals surface area contributed by atoms with Crippen molar-refractivity contribution in [3.05, 3.63) is 29.3 Å². The maximum atomic E-state index is 11.9. The molecular formula is C12H16N4O2S2. The van der Waals surface area contributed by atoms with E-state index >= 15 is 0 Å². The summed E-state index contributed by atoms with van der Waals surface area (Å²) < 4.78 is 29.6. The van der Waals surface area contributed by atoms with Crippen LogP contribution in [0.5, 0.6) is 0 Å². The Morgan fingerprint density at radius 2 is 2.15 bits per heavy atom. The lowest BCUT2D eigenvalue weighted by atomic mass is 10.2. The highest BCUT2D eigenvalue weighted by Gasteiger charge is 2.30. The van der Waals surface area contributed by atoms with Gasteiger partial charge in [0.1, 0.15) is 0 Å². The number of hydrogen-bond acceptors (Lipinski definition) is 4. The van der Waals surface area contributed by atoms with E-state index < -0.39 is 10.2 Å². The minimum atomic E-state index is -3.34. The molecule has 1 N–H and O–H groups in total. The molecule has 0 spiro atoms. The molecule has 6 nitrogen and oxygen atoms in total. The van der Waals surface area contributed by atoms with E-state index in [4.69, 9.17) is 0 Å². The first kappa shape index (κ1) is 13.7. The predicted octanol–water partition coefficient (Wildman–Crippen LogP) is 1.36. The zero-order chi connectivity index (χ0) is 14.3. The molecule has 0 saturated carbocycles. The van der Waals surface area contributed by atoms with Crippen molar-refractivity contribution >= 4 is 21.5 Å². The number of hydrogen-bond donors (Lipinski definition) is 1. The summed E-state index contributed by atoms with van der Waals surface area (Å²) in [5.74, 6) is 0. The summed E-state index contributed by atoms with van der Waals surface area (Å²) in [5, 5.41) is 4.15. The molecule has 8 heteroatoms. The molecule has 0 unspecified atom stereocenters. The molecule has 1 aliphatic heterocycles. The van der Waals surface area contributed by atoms with Crippen molar-refractivity contribution in [2.24, 2.45) is 7.05 Å². The molecule has 0 aliphatic carbocycles. The minimum Gasteiger partial charge on any atom is -0.267 e. The van der Waals surface area contributed by atoms with Crippen LogP contribution < -0.4 is 4.72 Å². The molecular weight excluding hydrogens is 296 g/mol. The van der Waals surface area contributed by atoms with Gasteiger partial charge < -0.3 is 0 Å². The number of nitrogens with one attached hydrogen (secondary N) is 1. The second-order valence-electron chi connectivity index (χ2n) is 4.83. The second kappa shape index (κ2) is 4.96. The van der Waals surface area contributed by atoms with E-state index in [2.05, 4.69) is 9.82 Å². The van der Waals surface area contributed by atoms with Gasteiger partial charge in [0.05, 0.1) is 16.6 Å². The third-order valence-corrected chi connectivity index (χ3v) is 6.28. The normalized spacial score (nSPS) is 23.0. The number of rotatable bonds is 2. The Kier molecular flexibility index (Phi) is 3.41. The lowest BCUT2D eigenvalue weighted by molar-refractivity contribution is 0.384. The summed E-state index contributed by atoms with van der Waals surface area (Å²) in [7, 11) is 0.148. The molecule has 0 amide bonds. The molecule has 108 valence electrons. The average molecular weight is 312 g/mol. The Morgan fingerprint density at radius 1 is 1.35 bits per heavy atom. The highest BCUT2D eigenvalue weighted by Crippen LogP contribution is 2.34. The zero-order valence-electron chi connectivity index (χ0n) is 11.3. The van der Waals surface area contributed by atoms with Gasteiger partial charge >= 0.3 is 0 Å². The van der Waals surface area contributed by atoms with Crippen molar-refractivity contribution in [1.82, 2.24) is 18.8 Å². The highest BCUT2D eigenvalue weighted by atomic mass is 32.2. The van der Waals surface area contributed by atoms with Gasteiger partial charge in [-0.2, -0.15) is 22.5 Å². The van der Waals surface area contributed by atoms with E-state index in [1.807, 2.05) is 29.9 Å². The zero-order valence-corrected chi connectivity index (χ0v) is 12.9. The van der Waals surface area contributed by atoms with E-state index in [0.717, 1.165) is 21.9 Å². The van der Waals surface area contributed by atoms with Crippen LogP contribution in [-0.2, 0) is 17.3 Å². The van der Waals surface area contributed by atoms with Crippen LogP contribution in [0.15, 0.2) is 24.4 Å². The Balaban J connectivity index is 1.86. The third kappa shape index (κ3) is 2.39. The lowest BCUT2D eigenvalue weighted by Crippen LogP contribution is -2.46. The van der Waals surface area contributed by atoms with E-state index in [-0.39, 0.29) is 6.04 Å². The molecule has 0 bridgehead atoms. The summed E-state index contributed by atoms with van der Waals surface area (Å²) in [6.07, 6.45) is 2.54. The fraction of sp³-hybridized carbons (Fsp3) is 0.417. The molecule has 20 heavy (non-hydrogen) atoms. The molecule has 1 saturated heterocycles. The fourth-order valence-electron chi connectivity index (χ4n) is 2.25. The minimum absolute atomic E-state index is 0.136. The molecule has 3 heterocycles. The highest BCUT2D eigenvalue weighted by molar-refractivity contribution is 7.87. The molecule has 0 aromatic carbocycles. The maximum Gasteiger partial charge on any atom is 0.279 e. The van der Waals surface area contributed by atoms with Crippen molar-refractivity contribution < 1.29 is 8.42 Å². The van der Waals surface area contributed by atoms with Crippen LogP contribution in [0.1, 0.15) is 17.3 Å². The number of nitrogens with zero attached hydrogens (tertiary/aromatic N) is 3. The third-order valence-electron chi connectivity index (χ3n) is 3.48. The number of thiophene rings is 1. The van der Waals surface area contributed by atoms with Gasteiger partial charge in [-0.05, 0) is 24.6 Å². The smallest absolute Gasteiger partial charge is 0.267 e. The Bertz CT molecular complexity index is 719. The first-order valence-corrected chi connectivity index (χ1v) is 8.55. The van der Waals surface area contributed by atoms with Crippen LogP contribution in [0.4, 0.5) is 0 Å². The van der Waals surface area contributed by atoms with Gasteiger partial charge in [-0.25, -0.2) is 0 Å². The van der Waals surface area contributed by atoms with Crippen LogP contribution >= 0.6 is 11.3 Å². The van der Waals surface area contributed by atoms with Crippen molar-refractivity contribution in [3.8, 4) is 10.6 Å². The van der Waals surface area contributed by atoms with Crippen molar-refractivity contribution in [3.63, 3.8) is 0 Å². The topological polar surface area (TPSA) is 67.2 Å². The van der Waals surface area contributed by atoms with E-state index in [1.54, 1.807) is 24.6 Å².